The Hall–Kier alpha value is -0.720. The SMILES string of the molecule is [C]1=CCC2CC=CCC2N1. The number of rotatable bonds is 0. The fourth-order valence-electron chi connectivity index (χ4n) is 1.68. The molecule has 0 bridgehead atoms. The molecule has 1 radical (unpaired) electrons. The molecule has 0 aromatic rings. The highest BCUT2D eigenvalue weighted by atomic mass is 14.9. The molecule has 0 fully saturated rings. The van der Waals surface area contributed by atoms with Crippen molar-refractivity contribution in [2.75, 3.05) is 0 Å². The lowest BCUT2D eigenvalue weighted by Gasteiger charge is -2.30. The zero-order valence-corrected chi connectivity index (χ0v) is 6.01. The summed E-state index contributed by atoms with van der Waals surface area (Å²) in [4.78, 5) is 0. The largest absolute Gasteiger partial charge is 0.380 e. The molecule has 2 unspecified atom stereocenters. The van der Waals surface area contributed by atoms with E-state index in [0.29, 0.717) is 6.04 Å². The highest BCUT2D eigenvalue weighted by Crippen LogP contribution is 2.24. The Labute approximate surface area is 61.8 Å². The van der Waals surface area contributed by atoms with Crippen LogP contribution in [0, 0.1) is 12.1 Å². The third kappa shape index (κ3) is 0.962. The van der Waals surface area contributed by atoms with Crippen LogP contribution in [0.3, 0.4) is 0 Å². The van der Waals surface area contributed by atoms with Gasteiger partial charge >= 0.3 is 0 Å². The third-order valence-corrected chi connectivity index (χ3v) is 2.36. The first kappa shape index (κ1) is 6.02. The van der Waals surface area contributed by atoms with Crippen LogP contribution in [0.5, 0.6) is 0 Å². The Balaban J connectivity index is 2.09. The maximum atomic E-state index is 3.26. The van der Waals surface area contributed by atoms with Crippen molar-refractivity contribution in [1.29, 1.82) is 0 Å². The molecule has 0 saturated heterocycles. The van der Waals surface area contributed by atoms with Crippen molar-refractivity contribution in [2.45, 2.75) is 25.3 Å². The van der Waals surface area contributed by atoms with Gasteiger partial charge < -0.3 is 5.32 Å². The molecule has 2 rings (SSSR count). The van der Waals surface area contributed by atoms with Crippen molar-refractivity contribution in [1.82, 2.24) is 5.32 Å². The number of hydrogen-bond acceptors (Lipinski definition) is 1. The summed E-state index contributed by atoms with van der Waals surface area (Å²) in [6.45, 7) is 0. The molecule has 2 atom stereocenters. The van der Waals surface area contributed by atoms with Crippen LogP contribution in [-0.2, 0) is 0 Å². The fourth-order valence-corrected chi connectivity index (χ4v) is 1.68. The van der Waals surface area contributed by atoms with Crippen LogP contribution in [0.15, 0.2) is 18.2 Å². The molecule has 0 aromatic heterocycles. The average Bonchev–Trinajstić information content (AvgIpc) is 2.05. The van der Waals surface area contributed by atoms with Crippen LogP contribution in [0.1, 0.15) is 19.3 Å². The Bertz CT molecular complexity index is 134. The number of hydrogen-bond donors (Lipinski definition) is 1. The molecule has 0 amide bonds. The van der Waals surface area contributed by atoms with Gasteiger partial charge in [-0.2, -0.15) is 0 Å². The molecule has 1 N–H and O–H groups in total. The van der Waals surface area contributed by atoms with Crippen LogP contribution >= 0.6 is 0 Å². The summed E-state index contributed by atoms with van der Waals surface area (Å²) in [5, 5.41) is 3.26. The maximum Gasteiger partial charge on any atom is 0.0534 e. The van der Waals surface area contributed by atoms with Gasteiger partial charge in [-0.1, -0.05) is 18.2 Å². The molecule has 0 spiro atoms. The molecule has 1 aliphatic carbocycles. The van der Waals surface area contributed by atoms with Crippen LogP contribution in [0.25, 0.3) is 0 Å². The predicted octanol–water partition coefficient (Wildman–Crippen LogP) is 1.63. The zero-order valence-electron chi connectivity index (χ0n) is 6.01. The normalized spacial score (nSPS) is 36.8. The van der Waals surface area contributed by atoms with Gasteiger partial charge in [-0.15, -0.1) is 0 Å². The topological polar surface area (TPSA) is 12.0 Å². The lowest BCUT2D eigenvalue weighted by atomic mass is 9.85. The molecular weight excluding hydrogens is 122 g/mol. The van der Waals surface area contributed by atoms with Gasteiger partial charge in [0.1, 0.15) is 0 Å². The number of nitrogens with one attached hydrogen (secondary N) is 1. The molecule has 1 heteroatoms. The Kier molecular flexibility index (Phi) is 1.50. The second kappa shape index (κ2) is 2.49. The summed E-state index contributed by atoms with van der Waals surface area (Å²) in [7, 11) is 0. The van der Waals surface area contributed by atoms with Crippen molar-refractivity contribution >= 4 is 0 Å². The van der Waals surface area contributed by atoms with Gasteiger partial charge in [-0.3, -0.25) is 0 Å². The van der Waals surface area contributed by atoms with Crippen LogP contribution < -0.4 is 5.32 Å². The Morgan fingerprint density at radius 2 is 2.10 bits per heavy atom. The molecule has 0 saturated carbocycles. The highest BCUT2D eigenvalue weighted by Gasteiger charge is 2.22. The first-order valence-electron chi connectivity index (χ1n) is 3.94. The van der Waals surface area contributed by atoms with E-state index < -0.39 is 0 Å². The van der Waals surface area contributed by atoms with Crippen molar-refractivity contribution in [3.63, 3.8) is 0 Å². The van der Waals surface area contributed by atoms with E-state index in [1.54, 1.807) is 0 Å². The highest BCUT2D eigenvalue weighted by molar-refractivity contribution is 5.02. The standard InChI is InChI=1S/C9H12N/c1-2-6-9-8(4-1)5-3-7-10-9/h1-3,8-10H,4-6H2. The summed E-state index contributed by atoms with van der Waals surface area (Å²) in [6, 6.07) is 0.676. The third-order valence-electron chi connectivity index (χ3n) is 2.36. The lowest BCUT2D eigenvalue weighted by molar-refractivity contribution is 0.354. The summed E-state index contributed by atoms with van der Waals surface area (Å²) >= 11 is 0. The van der Waals surface area contributed by atoms with E-state index in [0.717, 1.165) is 5.92 Å². The molecule has 1 aliphatic heterocycles. The Morgan fingerprint density at radius 1 is 1.20 bits per heavy atom. The summed E-state index contributed by atoms with van der Waals surface area (Å²) < 4.78 is 0. The molecular formula is C9H12N. The minimum Gasteiger partial charge on any atom is -0.380 e. The smallest absolute Gasteiger partial charge is 0.0534 e. The van der Waals surface area contributed by atoms with Crippen molar-refractivity contribution in [2.24, 2.45) is 5.92 Å². The molecule has 1 nitrogen and oxygen atoms in total. The minimum absolute atomic E-state index is 0.676. The lowest BCUT2D eigenvalue weighted by Crippen LogP contribution is -2.36. The van der Waals surface area contributed by atoms with Crippen LogP contribution in [0.4, 0.5) is 0 Å². The van der Waals surface area contributed by atoms with Gasteiger partial charge in [0.15, 0.2) is 0 Å². The van der Waals surface area contributed by atoms with E-state index in [1.165, 1.54) is 19.3 Å². The van der Waals surface area contributed by atoms with E-state index in [2.05, 4.69) is 29.7 Å². The van der Waals surface area contributed by atoms with Gasteiger partial charge in [0.2, 0.25) is 0 Å². The first-order valence-corrected chi connectivity index (χ1v) is 3.94. The van der Waals surface area contributed by atoms with Gasteiger partial charge in [-0.25, -0.2) is 0 Å². The molecule has 10 heavy (non-hydrogen) atoms. The van der Waals surface area contributed by atoms with Crippen molar-refractivity contribution in [3.8, 4) is 0 Å². The van der Waals surface area contributed by atoms with Gasteiger partial charge in [0.25, 0.3) is 0 Å². The van der Waals surface area contributed by atoms with Crippen molar-refractivity contribution < 1.29 is 0 Å². The quantitative estimate of drug-likeness (QED) is 0.496. The van der Waals surface area contributed by atoms with E-state index in [-0.39, 0.29) is 0 Å². The molecule has 53 valence electrons. The maximum absolute atomic E-state index is 3.26. The van der Waals surface area contributed by atoms with E-state index in [9.17, 15) is 0 Å². The molecule has 0 aromatic carbocycles. The predicted molar refractivity (Wildman–Crippen MR) is 41.2 cm³/mol. The van der Waals surface area contributed by atoms with E-state index in [1.807, 2.05) is 0 Å². The monoisotopic (exact) mass is 134 g/mol. The van der Waals surface area contributed by atoms with Gasteiger partial charge in [0, 0.05) is 6.04 Å². The minimum atomic E-state index is 0.676. The van der Waals surface area contributed by atoms with E-state index >= 15 is 0 Å². The molecule has 1 heterocycles. The average molecular weight is 134 g/mol. The second-order valence-corrected chi connectivity index (χ2v) is 3.04. The molecule has 2 aliphatic rings. The second-order valence-electron chi connectivity index (χ2n) is 3.04. The number of fused-ring (bicyclic) bond motifs is 1. The Morgan fingerprint density at radius 3 is 3.00 bits per heavy atom. The van der Waals surface area contributed by atoms with Crippen molar-refractivity contribution in [3.05, 3.63) is 24.4 Å². The number of allylic oxidation sites excluding steroid dienone is 2. The first-order chi connectivity index (χ1) is 4.97. The summed E-state index contributed by atoms with van der Waals surface area (Å²) in [5.41, 5.74) is 0. The van der Waals surface area contributed by atoms with E-state index in [4.69, 9.17) is 0 Å². The summed E-state index contributed by atoms with van der Waals surface area (Å²) in [5.74, 6) is 0.839. The van der Waals surface area contributed by atoms with Gasteiger partial charge in [-0.05, 0) is 25.2 Å². The van der Waals surface area contributed by atoms with Crippen LogP contribution in [0.2, 0.25) is 0 Å². The van der Waals surface area contributed by atoms with Gasteiger partial charge in [0.05, 0.1) is 6.20 Å². The van der Waals surface area contributed by atoms with Crippen LogP contribution in [-0.4, -0.2) is 6.04 Å². The fraction of sp³-hybridized carbons (Fsp3) is 0.556. The zero-order chi connectivity index (χ0) is 6.81. The summed E-state index contributed by atoms with van der Waals surface area (Å²) in [6.07, 6.45) is 13.4.